The molecule has 2 aromatic rings. The minimum absolute atomic E-state index is 0.106. The fourth-order valence-corrected chi connectivity index (χ4v) is 2.61. The van der Waals surface area contributed by atoms with E-state index >= 15 is 0 Å². The lowest BCUT2D eigenvalue weighted by Gasteiger charge is -2.17. The lowest BCUT2D eigenvalue weighted by atomic mass is 10.1. The van der Waals surface area contributed by atoms with Gasteiger partial charge in [-0.15, -0.1) is 0 Å². The van der Waals surface area contributed by atoms with Crippen LogP contribution in [0, 0.1) is 6.92 Å². The van der Waals surface area contributed by atoms with E-state index < -0.39 is 6.61 Å². The first-order chi connectivity index (χ1) is 11.4. The molecule has 0 atom stereocenters. The largest absolute Gasteiger partial charge is 0.434 e. The van der Waals surface area contributed by atoms with Crippen molar-refractivity contribution in [1.82, 2.24) is 9.78 Å². The van der Waals surface area contributed by atoms with Crippen molar-refractivity contribution in [3.63, 3.8) is 0 Å². The molecule has 0 aliphatic carbocycles. The zero-order valence-corrected chi connectivity index (χ0v) is 14.5. The molecule has 0 saturated carbocycles. The molecule has 6 heteroatoms. The summed E-state index contributed by atoms with van der Waals surface area (Å²) in [5, 5.41) is 4.59. The Bertz CT molecular complexity index is 721. The number of aromatic nitrogens is 2. The third-order valence-corrected chi connectivity index (χ3v) is 3.85. The van der Waals surface area contributed by atoms with Gasteiger partial charge in [0.1, 0.15) is 5.75 Å². The smallest absolute Gasteiger partial charge is 0.387 e. The number of ether oxygens (including phenoxy) is 1. The van der Waals surface area contributed by atoms with Crippen molar-refractivity contribution in [1.29, 1.82) is 0 Å². The fraction of sp³-hybridized carbons (Fsp3) is 0.389. The van der Waals surface area contributed by atoms with Crippen LogP contribution in [0.15, 0.2) is 30.8 Å². The molecule has 0 bridgehead atoms. The highest BCUT2D eigenvalue weighted by molar-refractivity contribution is 5.68. The quantitative estimate of drug-likeness (QED) is 0.737. The van der Waals surface area contributed by atoms with Crippen molar-refractivity contribution in [3.8, 4) is 11.4 Å². The second-order valence-corrected chi connectivity index (χ2v) is 5.57. The summed E-state index contributed by atoms with van der Waals surface area (Å²) in [5.74, 6) is 0.965. The number of allylic oxidation sites excluding steroid dienone is 1. The minimum Gasteiger partial charge on any atom is -0.434 e. The second kappa shape index (κ2) is 7.47. The van der Waals surface area contributed by atoms with E-state index in [0.29, 0.717) is 16.8 Å². The summed E-state index contributed by atoms with van der Waals surface area (Å²) in [6, 6.07) is 7.11. The molecule has 0 N–H and O–H groups in total. The molecule has 0 spiro atoms. The summed E-state index contributed by atoms with van der Waals surface area (Å²) >= 11 is 0. The normalized spacial score (nSPS) is 11.0. The third kappa shape index (κ3) is 3.75. The molecule has 2 rings (SSSR count). The molecular weight excluding hydrogens is 312 g/mol. The maximum Gasteiger partial charge on any atom is 0.387 e. The Hall–Kier alpha value is -2.37. The van der Waals surface area contributed by atoms with E-state index in [-0.39, 0.29) is 5.75 Å². The van der Waals surface area contributed by atoms with E-state index in [4.69, 9.17) is 0 Å². The minimum atomic E-state index is -2.89. The number of anilines is 1. The maximum atomic E-state index is 12.7. The van der Waals surface area contributed by atoms with E-state index in [2.05, 4.69) is 35.2 Å². The van der Waals surface area contributed by atoms with Crippen molar-refractivity contribution in [2.24, 2.45) is 0 Å². The number of aryl methyl sites for hydroxylation is 1. The van der Waals surface area contributed by atoms with Gasteiger partial charge in [0.25, 0.3) is 0 Å². The molecular formula is C18H23F2N3O. The molecule has 4 nitrogen and oxygen atoms in total. The van der Waals surface area contributed by atoms with Gasteiger partial charge in [-0.25, -0.2) is 4.68 Å². The number of rotatable bonds is 7. The van der Waals surface area contributed by atoms with Crippen molar-refractivity contribution in [2.75, 3.05) is 18.0 Å². The van der Waals surface area contributed by atoms with Crippen LogP contribution in [0.25, 0.3) is 11.3 Å². The number of nitrogens with zero attached hydrogens (tertiary/aromatic N) is 3. The molecule has 1 aromatic heterocycles. The fourth-order valence-electron chi connectivity index (χ4n) is 2.61. The Morgan fingerprint density at radius 3 is 2.50 bits per heavy atom. The van der Waals surface area contributed by atoms with E-state index in [0.717, 1.165) is 24.6 Å². The number of benzene rings is 1. The highest BCUT2D eigenvalue weighted by Crippen LogP contribution is 2.30. The molecule has 0 unspecified atom stereocenters. The highest BCUT2D eigenvalue weighted by Gasteiger charge is 2.15. The van der Waals surface area contributed by atoms with Crippen molar-refractivity contribution >= 4 is 11.4 Å². The zero-order valence-electron chi connectivity index (χ0n) is 14.5. The van der Waals surface area contributed by atoms with Crippen LogP contribution in [0.2, 0.25) is 0 Å². The molecule has 24 heavy (non-hydrogen) atoms. The van der Waals surface area contributed by atoms with Gasteiger partial charge in [-0.2, -0.15) is 13.9 Å². The van der Waals surface area contributed by atoms with Gasteiger partial charge in [0.2, 0.25) is 0 Å². The third-order valence-electron chi connectivity index (χ3n) is 3.85. The van der Waals surface area contributed by atoms with Crippen molar-refractivity contribution in [2.45, 2.75) is 34.3 Å². The molecule has 0 saturated heterocycles. The van der Waals surface area contributed by atoms with Gasteiger partial charge in [0.15, 0.2) is 5.82 Å². The summed E-state index contributed by atoms with van der Waals surface area (Å²) in [6.07, 6.45) is 0. The molecule has 0 aliphatic rings. The number of hydrogen-bond acceptors (Lipinski definition) is 3. The van der Waals surface area contributed by atoms with Crippen LogP contribution in [-0.2, 0) is 0 Å². The number of alkyl halides is 2. The standard InChI is InChI=1S/C18H23F2N3O/c1-6-22(7-2)17-10-13(5)23(21-17)14-8-9-15(12(3)4)16(11-14)24-18(19)20/h8-11,18H,3,6-7H2,1-2,4-5H3. The Labute approximate surface area is 141 Å². The zero-order chi connectivity index (χ0) is 17.9. The monoisotopic (exact) mass is 335 g/mol. The molecule has 1 aromatic carbocycles. The summed E-state index contributed by atoms with van der Waals surface area (Å²) in [4.78, 5) is 2.13. The van der Waals surface area contributed by atoms with Crippen LogP contribution in [0.5, 0.6) is 5.75 Å². The Kier molecular flexibility index (Phi) is 5.59. The topological polar surface area (TPSA) is 30.3 Å². The Balaban J connectivity index is 2.47. The van der Waals surface area contributed by atoms with E-state index in [1.54, 1.807) is 23.7 Å². The first kappa shape index (κ1) is 18.0. The van der Waals surface area contributed by atoms with Crippen LogP contribution in [0.4, 0.5) is 14.6 Å². The Morgan fingerprint density at radius 2 is 1.96 bits per heavy atom. The predicted octanol–water partition coefficient (Wildman–Crippen LogP) is 4.66. The highest BCUT2D eigenvalue weighted by atomic mass is 19.3. The van der Waals surface area contributed by atoms with Crippen LogP contribution in [0.3, 0.4) is 0 Å². The average Bonchev–Trinajstić information content (AvgIpc) is 2.89. The maximum absolute atomic E-state index is 12.7. The first-order valence-electron chi connectivity index (χ1n) is 7.94. The van der Waals surface area contributed by atoms with Gasteiger partial charge in [0.05, 0.1) is 5.69 Å². The first-order valence-corrected chi connectivity index (χ1v) is 7.94. The lowest BCUT2D eigenvalue weighted by molar-refractivity contribution is -0.0500. The summed E-state index contributed by atoms with van der Waals surface area (Å²) in [6.45, 7) is 10.4. The van der Waals surface area contributed by atoms with Gasteiger partial charge in [-0.1, -0.05) is 6.58 Å². The number of halogens is 2. The average molecular weight is 335 g/mol. The van der Waals surface area contributed by atoms with Gasteiger partial charge in [0, 0.05) is 36.5 Å². The molecule has 0 aliphatic heterocycles. The van der Waals surface area contributed by atoms with Gasteiger partial charge >= 0.3 is 6.61 Å². The summed E-state index contributed by atoms with van der Waals surface area (Å²) in [7, 11) is 0. The Morgan fingerprint density at radius 1 is 1.29 bits per heavy atom. The molecule has 130 valence electrons. The predicted molar refractivity (Wildman–Crippen MR) is 93.2 cm³/mol. The van der Waals surface area contributed by atoms with Crippen LogP contribution in [0.1, 0.15) is 32.0 Å². The second-order valence-electron chi connectivity index (χ2n) is 5.57. The van der Waals surface area contributed by atoms with Gasteiger partial charge < -0.3 is 9.64 Å². The van der Waals surface area contributed by atoms with Crippen LogP contribution in [-0.4, -0.2) is 29.5 Å². The molecule has 0 fully saturated rings. The molecule has 1 heterocycles. The SMILES string of the molecule is C=C(C)c1ccc(-n2nc(N(CC)CC)cc2C)cc1OC(F)F. The summed E-state index contributed by atoms with van der Waals surface area (Å²) < 4.78 is 31.8. The summed E-state index contributed by atoms with van der Waals surface area (Å²) in [5.41, 5.74) is 2.82. The van der Waals surface area contributed by atoms with Crippen LogP contribution < -0.4 is 9.64 Å². The van der Waals surface area contributed by atoms with Gasteiger partial charge in [-0.3, -0.25) is 0 Å². The molecule has 0 amide bonds. The van der Waals surface area contributed by atoms with Crippen molar-refractivity contribution in [3.05, 3.63) is 42.1 Å². The van der Waals surface area contributed by atoms with Crippen molar-refractivity contribution < 1.29 is 13.5 Å². The van der Waals surface area contributed by atoms with Gasteiger partial charge in [-0.05, 0) is 45.4 Å². The van der Waals surface area contributed by atoms with Crippen LogP contribution >= 0.6 is 0 Å². The van der Waals surface area contributed by atoms with E-state index in [1.807, 2.05) is 19.1 Å². The molecule has 0 radical (unpaired) electrons. The van der Waals surface area contributed by atoms with E-state index in [9.17, 15) is 8.78 Å². The number of hydrogen-bond donors (Lipinski definition) is 0. The van der Waals surface area contributed by atoms with E-state index in [1.165, 1.54) is 0 Å². The lowest BCUT2D eigenvalue weighted by Crippen LogP contribution is -2.22.